The first kappa shape index (κ1) is 41.2. The molecule has 1 aromatic heterocycles. The molecule has 0 saturated carbocycles. The van der Waals surface area contributed by atoms with Gasteiger partial charge in [-0.1, -0.05) is 159 Å². The molecule has 0 amide bonds. The molecule has 4 nitrogen and oxygen atoms in total. The summed E-state index contributed by atoms with van der Waals surface area (Å²) < 4.78 is 9.36. The summed E-state index contributed by atoms with van der Waals surface area (Å²) >= 11 is 1.84. The number of anilines is 3. The van der Waals surface area contributed by atoms with Crippen molar-refractivity contribution in [3.63, 3.8) is 0 Å². The van der Waals surface area contributed by atoms with E-state index in [0.29, 0.717) is 0 Å². The highest BCUT2D eigenvalue weighted by atomic mass is 32.2. The van der Waals surface area contributed by atoms with Crippen LogP contribution in [0.2, 0.25) is 0 Å². The Morgan fingerprint density at radius 3 is 1.95 bits per heavy atom. The van der Waals surface area contributed by atoms with Crippen LogP contribution in [0.1, 0.15) is 91.5 Å². The maximum Gasteiger partial charge on any atom is 0.268 e. The van der Waals surface area contributed by atoms with Crippen LogP contribution in [-0.2, 0) is 22.8 Å². The molecule has 0 saturated heterocycles. The van der Waals surface area contributed by atoms with Gasteiger partial charge in [0.2, 0.25) is 0 Å². The molecule has 7 aromatic rings. The Labute approximate surface area is 379 Å². The maximum absolute atomic E-state index is 6.77. The van der Waals surface area contributed by atoms with Crippen molar-refractivity contribution in [3.05, 3.63) is 179 Å². The molecule has 0 radical (unpaired) electrons. The number of allylic oxidation sites excluding steroid dienone is 2. The highest BCUT2D eigenvalue weighted by Gasteiger charge is 2.46. The van der Waals surface area contributed by atoms with E-state index >= 15 is 0 Å². The summed E-state index contributed by atoms with van der Waals surface area (Å²) in [6, 6.07) is 49.9. The highest BCUT2D eigenvalue weighted by Crippen LogP contribution is 2.53. The van der Waals surface area contributed by atoms with E-state index in [1.54, 1.807) is 0 Å². The van der Waals surface area contributed by atoms with Gasteiger partial charge in [0.05, 0.1) is 21.0 Å². The van der Waals surface area contributed by atoms with Crippen molar-refractivity contribution in [1.82, 2.24) is 4.57 Å². The van der Waals surface area contributed by atoms with E-state index in [0.717, 1.165) is 35.2 Å². The van der Waals surface area contributed by atoms with Gasteiger partial charge in [-0.2, -0.15) is 0 Å². The fourth-order valence-electron chi connectivity index (χ4n) is 9.83. The summed E-state index contributed by atoms with van der Waals surface area (Å²) in [5, 5.41) is 1.25. The minimum Gasteiger partial charge on any atom is -0.455 e. The lowest BCUT2D eigenvalue weighted by molar-refractivity contribution is 0.456. The van der Waals surface area contributed by atoms with Crippen LogP contribution in [0, 0.1) is 0 Å². The number of para-hydroxylation sites is 2. The van der Waals surface area contributed by atoms with Gasteiger partial charge < -0.3 is 19.1 Å². The zero-order valence-electron chi connectivity index (χ0n) is 38.5. The van der Waals surface area contributed by atoms with E-state index in [9.17, 15) is 0 Å². The lowest BCUT2D eigenvalue weighted by Gasteiger charge is -2.44. The van der Waals surface area contributed by atoms with Gasteiger partial charge in [0.1, 0.15) is 11.5 Å². The van der Waals surface area contributed by atoms with Gasteiger partial charge in [-0.25, -0.2) is 0 Å². The Kier molecular flexibility index (Phi) is 9.91. The summed E-state index contributed by atoms with van der Waals surface area (Å²) in [6.45, 7) is 24.4. The van der Waals surface area contributed by atoms with Gasteiger partial charge in [0, 0.05) is 46.8 Å². The van der Waals surface area contributed by atoms with Crippen LogP contribution in [0.25, 0.3) is 16.6 Å². The molecule has 0 atom stereocenters. The number of rotatable bonds is 5. The first-order valence-electron chi connectivity index (χ1n) is 22.6. The van der Waals surface area contributed by atoms with Gasteiger partial charge in [-0.05, 0) is 117 Å². The molecule has 0 aliphatic carbocycles. The standard InChI is InChI=1S/C57H58BN3OS/c1-11-17-45-44-36-59(35-37-22-24-38(25-23-37)55(2,3)4)52-51-47(32-33-49-53(51)63-50-21-16-15-20-48(50)62-49)61(41-18-13-12-14-19-41)54(52)58(44)43-34-40(57(8,9)10)28-31-46(43)60(45)42-29-26-39(27-30-42)56(5,6)7/h11-34H,35-36H2,1-10H3/b17-11-. The molecule has 0 unspecified atom stereocenters. The minimum absolute atomic E-state index is 0.0295. The Bertz CT molecular complexity index is 2960. The number of aromatic nitrogens is 1. The molecule has 3 aliphatic rings. The molecule has 10 rings (SSSR count). The summed E-state index contributed by atoms with van der Waals surface area (Å²) in [7, 11) is 0. The SMILES string of the molecule is C/C=C\C1=C2CN(Cc3ccc(C(C)(C)C)cc3)c3c(n(-c4ccccc4)c4ccc5c(c34)Sc3ccccc3O5)B2c2cc(C(C)(C)C)ccc2N1c1ccc(C(C)(C)C)cc1. The lowest BCUT2D eigenvalue weighted by atomic mass is 9.34. The average molecular weight is 844 g/mol. The number of hydrogen-bond acceptors (Lipinski definition) is 4. The number of ether oxygens (including phenoxy) is 1. The summed E-state index contributed by atoms with van der Waals surface area (Å²) in [5.41, 5.74) is 16.7. The summed E-state index contributed by atoms with van der Waals surface area (Å²) in [5.74, 6) is 1.82. The molecule has 63 heavy (non-hydrogen) atoms. The molecule has 3 aliphatic heterocycles. The first-order chi connectivity index (χ1) is 30.1. The maximum atomic E-state index is 6.77. The zero-order valence-corrected chi connectivity index (χ0v) is 39.3. The van der Waals surface area contributed by atoms with Crippen LogP contribution in [-0.4, -0.2) is 17.8 Å². The van der Waals surface area contributed by atoms with Gasteiger partial charge >= 0.3 is 0 Å². The molecule has 4 heterocycles. The van der Waals surface area contributed by atoms with E-state index in [1.165, 1.54) is 77.3 Å². The van der Waals surface area contributed by atoms with E-state index in [-0.39, 0.29) is 23.0 Å². The lowest BCUT2D eigenvalue weighted by Crippen LogP contribution is -2.59. The van der Waals surface area contributed by atoms with Crippen LogP contribution in [0.3, 0.4) is 0 Å². The van der Waals surface area contributed by atoms with Gasteiger partial charge in [0.15, 0.2) is 0 Å². The summed E-state index contributed by atoms with van der Waals surface area (Å²) in [4.78, 5) is 7.53. The van der Waals surface area contributed by atoms with E-state index in [1.807, 2.05) is 11.8 Å². The number of benzene rings is 6. The van der Waals surface area contributed by atoms with Crippen molar-refractivity contribution in [2.45, 2.75) is 102 Å². The van der Waals surface area contributed by atoms with Gasteiger partial charge in [-0.3, -0.25) is 0 Å². The third kappa shape index (κ3) is 7.11. The van der Waals surface area contributed by atoms with Gasteiger partial charge in [0.25, 0.3) is 6.71 Å². The van der Waals surface area contributed by atoms with Crippen LogP contribution in [0.5, 0.6) is 11.5 Å². The molecular weight excluding hydrogens is 786 g/mol. The van der Waals surface area contributed by atoms with Crippen molar-refractivity contribution >= 4 is 57.5 Å². The largest absolute Gasteiger partial charge is 0.455 e. The minimum atomic E-state index is -0.0446. The first-order valence-corrected chi connectivity index (χ1v) is 23.4. The second-order valence-corrected chi connectivity index (χ2v) is 21.7. The number of nitrogens with zero attached hydrogens (tertiary/aromatic N) is 3. The van der Waals surface area contributed by atoms with E-state index in [4.69, 9.17) is 4.74 Å². The number of fused-ring (bicyclic) bond motifs is 10. The number of hydrogen-bond donors (Lipinski definition) is 0. The van der Waals surface area contributed by atoms with E-state index in [2.05, 4.69) is 229 Å². The fourth-order valence-corrected chi connectivity index (χ4v) is 10.9. The topological polar surface area (TPSA) is 20.6 Å². The molecule has 316 valence electrons. The van der Waals surface area contributed by atoms with Crippen molar-refractivity contribution in [1.29, 1.82) is 0 Å². The summed E-state index contributed by atoms with van der Waals surface area (Å²) in [6.07, 6.45) is 4.59. The van der Waals surface area contributed by atoms with Crippen molar-refractivity contribution in [2.24, 2.45) is 0 Å². The van der Waals surface area contributed by atoms with Crippen LogP contribution < -0.4 is 25.6 Å². The average Bonchev–Trinajstić information content (AvgIpc) is 3.61. The third-order valence-corrected chi connectivity index (χ3v) is 14.3. The van der Waals surface area contributed by atoms with Crippen molar-refractivity contribution < 1.29 is 4.74 Å². The Balaban J connectivity index is 1.31. The van der Waals surface area contributed by atoms with Crippen LogP contribution >= 0.6 is 11.8 Å². The second-order valence-electron chi connectivity index (χ2n) is 20.6. The molecule has 0 N–H and O–H groups in total. The normalized spacial score (nSPS) is 15.0. The molecule has 6 aromatic carbocycles. The Morgan fingerprint density at radius 1 is 0.651 bits per heavy atom. The zero-order chi connectivity index (χ0) is 44.0. The van der Waals surface area contributed by atoms with Crippen LogP contribution in [0.15, 0.2) is 167 Å². The van der Waals surface area contributed by atoms with Crippen molar-refractivity contribution in [2.75, 3.05) is 16.3 Å². The Morgan fingerprint density at radius 2 is 1.29 bits per heavy atom. The predicted molar refractivity (Wildman–Crippen MR) is 269 cm³/mol. The molecule has 0 spiro atoms. The quantitative estimate of drug-likeness (QED) is 0.161. The molecule has 0 bridgehead atoms. The molecule has 0 fully saturated rings. The third-order valence-electron chi connectivity index (χ3n) is 13.2. The highest BCUT2D eigenvalue weighted by molar-refractivity contribution is 7.99. The Hall–Kier alpha value is -5.85. The van der Waals surface area contributed by atoms with Crippen LogP contribution in [0.4, 0.5) is 17.1 Å². The van der Waals surface area contributed by atoms with Crippen molar-refractivity contribution in [3.8, 4) is 17.2 Å². The molecular formula is C57H58BN3OS. The predicted octanol–water partition coefficient (Wildman–Crippen LogP) is 13.9. The monoisotopic (exact) mass is 843 g/mol. The second kappa shape index (κ2) is 15.2. The smallest absolute Gasteiger partial charge is 0.268 e. The molecule has 6 heteroatoms. The van der Waals surface area contributed by atoms with E-state index < -0.39 is 0 Å². The van der Waals surface area contributed by atoms with Gasteiger partial charge in [-0.15, -0.1) is 0 Å². The fraction of sp³-hybridized carbons (Fsp3) is 0.263.